The van der Waals surface area contributed by atoms with Crippen LogP contribution in [0.4, 0.5) is 0 Å². The minimum absolute atomic E-state index is 0.598. The average molecular weight is 358 g/mol. The summed E-state index contributed by atoms with van der Waals surface area (Å²) in [5, 5.41) is 1.10. The molecule has 0 aliphatic heterocycles. The maximum absolute atomic E-state index is 11.5. The van der Waals surface area contributed by atoms with Crippen LogP contribution >= 0.6 is 11.3 Å². The molecule has 3 heteroatoms. The molecule has 26 heavy (non-hydrogen) atoms. The summed E-state index contributed by atoms with van der Waals surface area (Å²) >= 11 is 1.67. The highest BCUT2D eigenvalue weighted by Gasteiger charge is 2.17. The van der Waals surface area contributed by atoms with Crippen LogP contribution in [-0.4, -0.2) is 12.9 Å². The SMILES string of the molecule is O=Cc1ccccc1-c1sc2ccccc2c1OCCc1ccccc1. The minimum Gasteiger partial charge on any atom is -0.491 e. The van der Waals surface area contributed by atoms with E-state index in [0.29, 0.717) is 12.2 Å². The highest BCUT2D eigenvalue weighted by molar-refractivity contribution is 7.22. The van der Waals surface area contributed by atoms with Gasteiger partial charge < -0.3 is 4.74 Å². The van der Waals surface area contributed by atoms with Crippen molar-refractivity contribution in [2.45, 2.75) is 6.42 Å². The Balaban J connectivity index is 1.71. The van der Waals surface area contributed by atoms with Crippen molar-refractivity contribution in [3.8, 4) is 16.2 Å². The summed E-state index contributed by atoms with van der Waals surface area (Å²) in [6, 6.07) is 26.2. The molecular weight excluding hydrogens is 340 g/mol. The zero-order chi connectivity index (χ0) is 17.8. The molecule has 0 radical (unpaired) electrons. The first-order chi connectivity index (χ1) is 12.9. The molecule has 0 unspecified atom stereocenters. The molecule has 0 aliphatic carbocycles. The molecule has 0 saturated heterocycles. The minimum atomic E-state index is 0.598. The lowest BCUT2D eigenvalue weighted by atomic mass is 10.1. The van der Waals surface area contributed by atoms with Gasteiger partial charge in [0, 0.05) is 27.6 Å². The summed E-state index contributed by atoms with van der Waals surface area (Å²) in [6.45, 7) is 0.598. The van der Waals surface area contributed by atoms with Crippen molar-refractivity contribution in [1.82, 2.24) is 0 Å². The predicted molar refractivity (Wildman–Crippen MR) is 108 cm³/mol. The van der Waals surface area contributed by atoms with Crippen LogP contribution in [0, 0.1) is 0 Å². The summed E-state index contributed by atoms with van der Waals surface area (Å²) in [5.41, 5.74) is 2.87. The Labute approximate surface area is 156 Å². The van der Waals surface area contributed by atoms with Crippen LogP contribution in [0.15, 0.2) is 78.9 Å². The lowest BCUT2D eigenvalue weighted by Crippen LogP contribution is -2.01. The first-order valence-electron chi connectivity index (χ1n) is 8.59. The van der Waals surface area contributed by atoms with Gasteiger partial charge in [-0.15, -0.1) is 11.3 Å². The Morgan fingerprint density at radius 3 is 2.42 bits per heavy atom. The van der Waals surface area contributed by atoms with Crippen LogP contribution in [0.1, 0.15) is 15.9 Å². The molecule has 0 fully saturated rings. The van der Waals surface area contributed by atoms with Crippen molar-refractivity contribution in [3.63, 3.8) is 0 Å². The molecule has 1 aromatic heterocycles. The number of rotatable bonds is 6. The molecule has 0 N–H and O–H groups in total. The molecule has 0 bridgehead atoms. The van der Waals surface area contributed by atoms with E-state index < -0.39 is 0 Å². The second-order valence-electron chi connectivity index (χ2n) is 6.05. The first kappa shape index (κ1) is 16.6. The molecule has 4 aromatic rings. The van der Waals surface area contributed by atoms with Crippen molar-refractivity contribution >= 4 is 27.7 Å². The normalized spacial score (nSPS) is 10.8. The van der Waals surface area contributed by atoms with E-state index in [-0.39, 0.29) is 0 Å². The van der Waals surface area contributed by atoms with Crippen LogP contribution in [0.25, 0.3) is 20.5 Å². The molecule has 1 heterocycles. The number of carbonyl (C=O) groups is 1. The van der Waals surface area contributed by atoms with E-state index in [9.17, 15) is 4.79 Å². The van der Waals surface area contributed by atoms with Crippen molar-refractivity contribution in [2.75, 3.05) is 6.61 Å². The second kappa shape index (κ2) is 7.54. The molecule has 0 saturated carbocycles. The summed E-state index contributed by atoms with van der Waals surface area (Å²) in [5.74, 6) is 0.871. The third kappa shape index (κ3) is 3.26. The number of fused-ring (bicyclic) bond motifs is 1. The number of hydrogen-bond acceptors (Lipinski definition) is 3. The Hall–Kier alpha value is -2.91. The molecule has 0 spiro atoms. The van der Waals surface area contributed by atoms with Crippen molar-refractivity contribution in [1.29, 1.82) is 0 Å². The molecule has 0 amide bonds. The topological polar surface area (TPSA) is 26.3 Å². The number of benzene rings is 3. The number of aldehydes is 1. The van der Waals surface area contributed by atoms with Crippen LogP contribution in [-0.2, 0) is 6.42 Å². The quantitative estimate of drug-likeness (QED) is 0.395. The summed E-state index contributed by atoms with van der Waals surface area (Å²) in [7, 11) is 0. The highest BCUT2D eigenvalue weighted by Crippen LogP contribution is 2.45. The Kier molecular flexibility index (Phi) is 4.80. The number of hydrogen-bond donors (Lipinski definition) is 0. The zero-order valence-electron chi connectivity index (χ0n) is 14.2. The summed E-state index contributed by atoms with van der Waals surface area (Å²) in [6.07, 6.45) is 1.76. The van der Waals surface area contributed by atoms with E-state index >= 15 is 0 Å². The van der Waals surface area contributed by atoms with Gasteiger partial charge in [0.1, 0.15) is 5.75 Å². The lowest BCUT2D eigenvalue weighted by Gasteiger charge is -2.10. The van der Waals surface area contributed by atoms with Gasteiger partial charge in [0.15, 0.2) is 6.29 Å². The summed E-state index contributed by atoms with van der Waals surface area (Å²) < 4.78 is 7.41. The predicted octanol–water partition coefficient (Wildman–Crippen LogP) is 6.00. The summed E-state index contributed by atoms with van der Waals surface area (Å²) in [4.78, 5) is 12.5. The molecule has 4 rings (SSSR count). The van der Waals surface area contributed by atoms with E-state index in [0.717, 1.165) is 39.0 Å². The molecular formula is C23H18O2S. The third-order valence-corrected chi connectivity index (χ3v) is 5.55. The van der Waals surface area contributed by atoms with Gasteiger partial charge in [-0.05, 0) is 17.7 Å². The number of carbonyl (C=O) groups excluding carboxylic acids is 1. The Morgan fingerprint density at radius 2 is 1.58 bits per heavy atom. The van der Waals surface area contributed by atoms with Crippen molar-refractivity contribution in [3.05, 3.63) is 90.0 Å². The monoisotopic (exact) mass is 358 g/mol. The van der Waals surface area contributed by atoms with Gasteiger partial charge in [-0.2, -0.15) is 0 Å². The van der Waals surface area contributed by atoms with Gasteiger partial charge in [-0.1, -0.05) is 66.7 Å². The van der Waals surface area contributed by atoms with Gasteiger partial charge >= 0.3 is 0 Å². The van der Waals surface area contributed by atoms with E-state index in [4.69, 9.17) is 4.74 Å². The van der Waals surface area contributed by atoms with Gasteiger partial charge in [0.2, 0.25) is 0 Å². The standard InChI is InChI=1S/C23H18O2S/c24-16-18-10-4-5-11-19(18)23-22(20-12-6-7-13-21(20)26-23)25-15-14-17-8-2-1-3-9-17/h1-13,16H,14-15H2. The highest BCUT2D eigenvalue weighted by atomic mass is 32.1. The van der Waals surface area contributed by atoms with E-state index in [1.54, 1.807) is 11.3 Å². The lowest BCUT2D eigenvalue weighted by molar-refractivity contribution is 0.112. The second-order valence-corrected chi connectivity index (χ2v) is 7.10. The largest absolute Gasteiger partial charge is 0.491 e. The van der Waals surface area contributed by atoms with Gasteiger partial charge in [0.05, 0.1) is 11.5 Å². The van der Waals surface area contributed by atoms with Crippen LogP contribution in [0.2, 0.25) is 0 Å². The smallest absolute Gasteiger partial charge is 0.150 e. The van der Waals surface area contributed by atoms with Gasteiger partial charge in [-0.25, -0.2) is 0 Å². The molecule has 0 aliphatic rings. The maximum Gasteiger partial charge on any atom is 0.150 e. The molecule has 3 aromatic carbocycles. The maximum atomic E-state index is 11.5. The fourth-order valence-corrected chi connectivity index (χ4v) is 4.26. The first-order valence-corrected chi connectivity index (χ1v) is 9.41. The molecule has 128 valence electrons. The molecule has 2 nitrogen and oxygen atoms in total. The number of thiophene rings is 1. The van der Waals surface area contributed by atoms with Crippen LogP contribution in [0.3, 0.4) is 0 Å². The third-order valence-electron chi connectivity index (χ3n) is 4.36. The van der Waals surface area contributed by atoms with Crippen molar-refractivity contribution < 1.29 is 9.53 Å². The van der Waals surface area contributed by atoms with Gasteiger partial charge in [0.25, 0.3) is 0 Å². The Bertz CT molecular complexity index is 1030. The van der Waals surface area contributed by atoms with Crippen molar-refractivity contribution in [2.24, 2.45) is 0 Å². The van der Waals surface area contributed by atoms with Crippen LogP contribution in [0.5, 0.6) is 5.75 Å². The van der Waals surface area contributed by atoms with E-state index in [1.165, 1.54) is 5.56 Å². The number of ether oxygens (including phenoxy) is 1. The zero-order valence-corrected chi connectivity index (χ0v) is 15.0. The van der Waals surface area contributed by atoms with E-state index in [2.05, 4.69) is 24.3 Å². The average Bonchev–Trinajstić information content (AvgIpc) is 3.07. The van der Waals surface area contributed by atoms with Gasteiger partial charge in [-0.3, -0.25) is 4.79 Å². The fourth-order valence-electron chi connectivity index (χ4n) is 3.06. The fraction of sp³-hybridized carbons (Fsp3) is 0.0870. The van der Waals surface area contributed by atoms with E-state index in [1.807, 2.05) is 54.6 Å². The molecule has 0 atom stereocenters. The Morgan fingerprint density at radius 1 is 0.846 bits per heavy atom. The van der Waals surface area contributed by atoms with Crippen LogP contribution < -0.4 is 4.74 Å².